The maximum atomic E-state index is 13.6. The molecule has 42 heavy (non-hydrogen) atoms. The van der Waals surface area contributed by atoms with E-state index in [9.17, 15) is 14.4 Å². The first-order valence-corrected chi connectivity index (χ1v) is 14.9. The lowest BCUT2D eigenvalue weighted by molar-refractivity contribution is 0.0548. The first-order chi connectivity index (χ1) is 20.4. The smallest absolute Gasteiger partial charge is 0.340 e. The Bertz CT molecular complexity index is 1440. The Morgan fingerprint density at radius 1 is 1.14 bits per heavy atom. The Morgan fingerprint density at radius 3 is 2.57 bits per heavy atom. The number of carbonyl (C=O) groups is 3. The fourth-order valence-corrected chi connectivity index (χ4v) is 6.06. The second-order valence-corrected chi connectivity index (χ2v) is 11.5. The number of ether oxygens (including phenoxy) is 1. The lowest BCUT2D eigenvalue weighted by Gasteiger charge is -2.23. The minimum absolute atomic E-state index is 0.0486. The molecule has 1 unspecified atom stereocenters. The van der Waals surface area contributed by atoms with Crippen molar-refractivity contribution < 1.29 is 23.5 Å². The number of hydrogen-bond acceptors (Lipinski definition) is 6. The largest absolute Gasteiger partial charge is 0.467 e. The summed E-state index contributed by atoms with van der Waals surface area (Å²) < 4.78 is 10.9. The molecule has 2 amide bonds. The van der Waals surface area contributed by atoms with Crippen molar-refractivity contribution in [3.63, 3.8) is 0 Å². The molecule has 1 aliphatic heterocycles. The van der Waals surface area contributed by atoms with E-state index < -0.39 is 5.97 Å². The zero-order valence-electron chi connectivity index (χ0n) is 24.4. The van der Waals surface area contributed by atoms with E-state index in [4.69, 9.17) is 14.1 Å². The van der Waals surface area contributed by atoms with Gasteiger partial charge in [0, 0.05) is 11.1 Å². The molecule has 1 saturated carbocycles. The van der Waals surface area contributed by atoms with Crippen LogP contribution in [0.25, 0.3) is 11.1 Å². The first-order valence-electron chi connectivity index (χ1n) is 14.9. The number of pyridine rings is 1. The van der Waals surface area contributed by atoms with Crippen LogP contribution in [-0.4, -0.2) is 29.4 Å². The van der Waals surface area contributed by atoms with E-state index >= 15 is 0 Å². The Balaban J connectivity index is 1.56. The van der Waals surface area contributed by atoms with Gasteiger partial charge in [-0.3, -0.25) is 14.6 Å². The fraction of sp³-hybridized carbons (Fsp3) is 0.412. The second kappa shape index (κ2) is 13.2. The van der Waals surface area contributed by atoms with Crippen LogP contribution in [-0.2, 0) is 17.7 Å². The van der Waals surface area contributed by atoms with Crippen molar-refractivity contribution in [2.75, 3.05) is 6.61 Å². The Hall–Kier alpha value is -4.20. The Kier molecular flexibility index (Phi) is 9.20. The monoisotopic (exact) mass is 569 g/mol. The lowest BCUT2D eigenvalue weighted by Crippen LogP contribution is -2.23. The van der Waals surface area contributed by atoms with Crippen molar-refractivity contribution >= 4 is 17.8 Å². The van der Waals surface area contributed by atoms with E-state index in [-0.39, 0.29) is 36.9 Å². The van der Waals surface area contributed by atoms with Crippen LogP contribution in [0.5, 0.6) is 0 Å². The van der Waals surface area contributed by atoms with Crippen LogP contribution in [0, 0.1) is 11.8 Å². The SMILES string of the molecule is C=CCOC(=O)c1c(CCC2CCCCC2)nc2c(c1-c1ccc(C(=O)NCc3ccco3)cc1)C(=O)NC2C(C)C. The molecule has 8 nitrogen and oxygen atoms in total. The number of hydrogen-bond donors (Lipinski definition) is 2. The molecule has 0 saturated heterocycles. The number of amides is 2. The van der Waals surface area contributed by atoms with Crippen LogP contribution in [0.4, 0.5) is 0 Å². The third kappa shape index (κ3) is 6.32. The number of aryl methyl sites for hydroxylation is 1. The first kappa shape index (κ1) is 29.3. The Labute approximate surface area is 246 Å². The molecule has 0 radical (unpaired) electrons. The normalized spacial score (nSPS) is 16.6. The molecular weight excluding hydrogens is 530 g/mol. The number of rotatable bonds is 11. The number of fused-ring (bicyclic) bond motifs is 1. The standard InChI is InChI=1S/C34H39N3O5/c1-4-18-42-34(40)28-26(17-12-22-9-6-5-7-10-22)36-31-29(33(39)37-30(31)21(2)3)27(28)23-13-15-24(16-14-23)32(38)35-20-25-11-8-19-41-25/h4,8,11,13-16,19,21-22,30H,1,5-7,9-10,12,17-18,20H2,2-3H3,(H,35,38)(H,37,39). The van der Waals surface area contributed by atoms with E-state index in [1.165, 1.54) is 38.2 Å². The predicted molar refractivity (Wildman–Crippen MR) is 160 cm³/mol. The molecule has 1 aliphatic carbocycles. The molecule has 1 fully saturated rings. The molecule has 0 bridgehead atoms. The summed E-state index contributed by atoms with van der Waals surface area (Å²) in [6.07, 6.45) is 10.7. The number of carbonyl (C=O) groups excluding carboxylic acids is 3. The average molecular weight is 570 g/mol. The molecule has 0 spiro atoms. The van der Waals surface area contributed by atoms with Gasteiger partial charge in [0.15, 0.2) is 0 Å². The molecule has 8 heteroatoms. The summed E-state index contributed by atoms with van der Waals surface area (Å²) in [5.74, 6) is 0.313. The van der Waals surface area contributed by atoms with Gasteiger partial charge in [0.1, 0.15) is 12.4 Å². The van der Waals surface area contributed by atoms with Gasteiger partial charge in [-0.2, -0.15) is 0 Å². The third-order valence-electron chi connectivity index (χ3n) is 8.26. The number of nitrogens with zero attached hydrogens (tertiary/aromatic N) is 1. The number of esters is 1. The molecule has 2 aliphatic rings. The number of benzene rings is 1. The summed E-state index contributed by atoms with van der Waals surface area (Å²) in [6.45, 7) is 8.10. The zero-order valence-corrected chi connectivity index (χ0v) is 24.4. The molecule has 220 valence electrons. The number of furan rings is 1. The molecule has 1 aromatic carbocycles. The number of nitrogens with one attached hydrogen (secondary N) is 2. The molecule has 5 rings (SSSR count). The molecule has 3 heterocycles. The van der Waals surface area contributed by atoms with Crippen LogP contribution in [0.15, 0.2) is 59.7 Å². The van der Waals surface area contributed by atoms with E-state index in [1.807, 2.05) is 13.8 Å². The summed E-state index contributed by atoms with van der Waals surface area (Å²) in [7, 11) is 0. The van der Waals surface area contributed by atoms with E-state index in [0.29, 0.717) is 57.3 Å². The molecular formula is C34H39N3O5. The number of aromatic nitrogens is 1. The highest BCUT2D eigenvalue weighted by Gasteiger charge is 2.38. The minimum Gasteiger partial charge on any atom is -0.467 e. The Morgan fingerprint density at radius 2 is 1.90 bits per heavy atom. The van der Waals surface area contributed by atoms with Crippen molar-refractivity contribution in [2.45, 2.75) is 71.4 Å². The summed E-state index contributed by atoms with van der Waals surface area (Å²) in [4.78, 5) is 44.9. The van der Waals surface area contributed by atoms with Gasteiger partial charge in [0.2, 0.25) is 0 Å². The van der Waals surface area contributed by atoms with E-state index in [1.54, 1.807) is 42.7 Å². The van der Waals surface area contributed by atoms with Crippen LogP contribution < -0.4 is 10.6 Å². The van der Waals surface area contributed by atoms with Gasteiger partial charge in [-0.25, -0.2) is 4.79 Å². The highest BCUT2D eigenvalue weighted by Crippen LogP contribution is 2.40. The second-order valence-electron chi connectivity index (χ2n) is 11.5. The topological polar surface area (TPSA) is 111 Å². The van der Waals surface area contributed by atoms with Crippen molar-refractivity contribution in [3.05, 3.63) is 89.2 Å². The van der Waals surface area contributed by atoms with E-state index in [0.717, 1.165) is 6.42 Å². The fourth-order valence-electron chi connectivity index (χ4n) is 6.06. The van der Waals surface area contributed by atoms with Gasteiger partial charge in [-0.15, -0.1) is 0 Å². The van der Waals surface area contributed by atoms with Crippen LogP contribution in [0.3, 0.4) is 0 Å². The van der Waals surface area contributed by atoms with Gasteiger partial charge in [-0.05, 0) is 54.5 Å². The van der Waals surface area contributed by atoms with Crippen molar-refractivity contribution in [3.8, 4) is 11.1 Å². The van der Waals surface area contributed by atoms with Gasteiger partial charge in [0.05, 0.1) is 41.4 Å². The van der Waals surface area contributed by atoms with Gasteiger partial charge < -0.3 is 19.8 Å². The zero-order chi connectivity index (χ0) is 29.6. The van der Waals surface area contributed by atoms with Crippen molar-refractivity contribution in [2.24, 2.45) is 11.8 Å². The molecule has 3 aromatic rings. The summed E-state index contributed by atoms with van der Waals surface area (Å²) in [5, 5.41) is 5.93. The van der Waals surface area contributed by atoms with E-state index in [2.05, 4.69) is 17.2 Å². The predicted octanol–water partition coefficient (Wildman–Crippen LogP) is 6.57. The molecule has 2 N–H and O–H groups in total. The van der Waals surface area contributed by atoms with Crippen LogP contribution in [0.1, 0.15) is 107 Å². The van der Waals surface area contributed by atoms with Gasteiger partial charge >= 0.3 is 5.97 Å². The maximum Gasteiger partial charge on any atom is 0.340 e. The van der Waals surface area contributed by atoms with Crippen LogP contribution >= 0.6 is 0 Å². The lowest BCUT2D eigenvalue weighted by atomic mass is 9.84. The summed E-state index contributed by atoms with van der Waals surface area (Å²) in [6, 6.07) is 10.3. The van der Waals surface area contributed by atoms with Crippen molar-refractivity contribution in [1.82, 2.24) is 15.6 Å². The van der Waals surface area contributed by atoms with Crippen molar-refractivity contribution in [1.29, 1.82) is 0 Å². The highest BCUT2D eigenvalue weighted by atomic mass is 16.5. The quantitative estimate of drug-likeness (QED) is 0.200. The van der Waals surface area contributed by atoms with Gasteiger partial charge in [0.25, 0.3) is 11.8 Å². The molecule has 2 aromatic heterocycles. The third-order valence-corrected chi connectivity index (χ3v) is 8.26. The van der Waals surface area contributed by atoms with Gasteiger partial charge in [-0.1, -0.05) is 70.7 Å². The molecule has 1 atom stereocenters. The maximum absolute atomic E-state index is 13.6. The summed E-state index contributed by atoms with van der Waals surface area (Å²) in [5.41, 5.74) is 3.66. The summed E-state index contributed by atoms with van der Waals surface area (Å²) >= 11 is 0. The van der Waals surface area contributed by atoms with Crippen LogP contribution in [0.2, 0.25) is 0 Å². The average Bonchev–Trinajstić information content (AvgIpc) is 3.65. The highest BCUT2D eigenvalue weighted by molar-refractivity contribution is 6.11. The minimum atomic E-state index is -0.528.